The van der Waals surface area contributed by atoms with E-state index in [-0.39, 0.29) is 30.1 Å². The molecule has 0 aliphatic carbocycles. The molecule has 1 rings (SSSR count). The Morgan fingerprint density at radius 1 is 1.24 bits per heavy atom. The largest absolute Gasteiger partial charge is 0.444 e. The number of aliphatic imine (C=N–C) groups is 1. The van der Waals surface area contributed by atoms with Gasteiger partial charge in [-0.3, -0.25) is 9.89 Å². The molecule has 1 fully saturated rings. The van der Waals surface area contributed by atoms with Gasteiger partial charge in [0.1, 0.15) is 5.60 Å². The number of carbonyl (C=O) groups is 1. The molecule has 1 aliphatic heterocycles. The predicted molar refractivity (Wildman–Crippen MR) is 114 cm³/mol. The van der Waals surface area contributed by atoms with Crippen LogP contribution >= 0.6 is 24.0 Å². The second-order valence-corrected chi connectivity index (χ2v) is 6.74. The minimum Gasteiger partial charge on any atom is -0.444 e. The molecule has 2 N–H and O–H groups in total. The van der Waals surface area contributed by atoms with Crippen LogP contribution in [0.1, 0.15) is 27.7 Å². The van der Waals surface area contributed by atoms with E-state index in [2.05, 4.69) is 27.1 Å². The van der Waals surface area contributed by atoms with Crippen LogP contribution in [0.15, 0.2) is 17.6 Å². The van der Waals surface area contributed by atoms with Gasteiger partial charge in [0.25, 0.3) is 0 Å². The van der Waals surface area contributed by atoms with E-state index in [0.29, 0.717) is 19.6 Å². The van der Waals surface area contributed by atoms with Gasteiger partial charge >= 0.3 is 6.09 Å². The molecule has 0 radical (unpaired) electrons. The molecule has 0 aromatic heterocycles. The van der Waals surface area contributed by atoms with Crippen molar-refractivity contribution >= 4 is 36.0 Å². The molecule has 8 heteroatoms. The minimum atomic E-state index is -0.440. The molecule has 0 aromatic carbocycles. The number of ether oxygens (including phenoxy) is 1. The van der Waals surface area contributed by atoms with Crippen LogP contribution in [0.5, 0.6) is 0 Å². The van der Waals surface area contributed by atoms with Crippen molar-refractivity contribution in [2.24, 2.45) is 4.99 Å². The van der Waals surface area contributed by atoms with E-state index in [4.69, 9.17) is 4.74 Å². The molecule has 1 amide bonds. The number of nitrogens with zero attached hydrogens (tertiary/aromatic N) is 3. The summed E-state index contributed by atoms with van der Waals surface area (Å²) in [5.74, 6) is 0.810. The van der Waals surface area contributed by atoms with Crippen molar-refractivity contribution in [1.29, 1.82) is 0 Å². The van der Waals surface area contributed by atoms with Gasteiger partial charge in [0, 0.05) is 45.8 Å². The van der Waals surface area contributed by atoms with E-state index < -0.39 is 5.60 Å². The van der Waals surface area contributed by atoms with Gasteiger partial charge in [0.05, 0.1) is 6.54 Å². The highest BCUT2D eigenvalue weighted by atomic mass is 127. The van der Waals surface area contributed by atoms with E-state index >= 15 is 0 Å². The molecule has 7 nitrogen and oxygen atoms in total. The number of halogens is 1. The number of hydrogen-bond donors (Lipinski definition) is 2. The van der Waals surface area contributed by atoms with Gasteiger partial charge in [-0.2, -0.15) is 0 Å². The Morgan fingerprint density at radius 2 is 1.88 bits per heavy atom. The first-order chi connectivity index (χ1) is 11.4. The molecule has 0 saturated carbocycles. The number of amides is 1. The average Bonchev–Trinajstić information content (AvgIpc) is 2.51. The van der Waals surface area contributed by atoms with Crippen LogP contribution in [-0.4, -0.2) is 79.8 Å². The first-order valence-corrected chi connectivity index (χ1v) is 8.69. The molecule has 1 saturated heterocycles. The molecule has 25 heavy (non-hydrogen) atoms. The highest BCUT2D eigenvalue weighted by Gasteiger charge is 2.25. The Bertz CT molecular complexity index is 429. The quantitative estimate of drug-likeness (QED) is 0.270. The zero-order valence-electron chi connectivity index (χ0n) is 16.0. The maximum absolute atomic E-state index is 12.0. The lowest BCUT2D eigenvalue weighted by molar-refractivity contribution is 0.0148. The first-order valence-electron chi connectivity index (χ1n) is 8.69. The Balaban J connectivity index is 0.00000576. The van der Waals surface area contributed by atoms with Crippen LogP contribution < -0.4 is 10.6 Å². The predicted octanol–water partition coefficient (Wildman–Crippen LogP) is 1.90. The Hall–Kier alpha value is -1.03. The maximum atomic E-state index is 12.0. The average molecular weight is 467 g/mol. The third kappa shape index (κ3) is 10.5. The Labute approximate surface area is 169 Å². The van der Waals surface area contributed by atoms with Crippen molar-refractivity contribution in [2.45, 2.75) is 33.3 Å². The smallest absolute Gasteiger partial charge is 0.410 e. The normalized spacial score (nSPS) is 16.0. The number of rotatable bonds is 6. The zero-order valence-corrected chi connectivity index (χ0v) is 18.3. The Morgan fingerprint density at radius 3 is 2.40 bits per heavy atom. The molecular formula is C17H34IN5O2. The van der Waals surface area contributed by atoms with E-state index in [1.54, 1.807) is 4.90 Å². The summed E-state index contributed by atoms with van der Waals surface area (Å²) in [5, 5.41) is 6.39. The van der Waals surface area contributed by atoms with Gasteiger partial charge in [-0.1, -0.05) is 6.08 Å². The van der Waals surface area contributed by atoms with Crippen molar-refractivity contribution in [1.82, 2.24) is 20.4 Å². The Kier molecular flexibility index (Phi) is 11.8. The van der Waals surface area contributed by atoms with Crippen LogP contribution in [0, 0.1) is 0 Å². The molecule has 0 atom stereocenters. The summed E-state index contributed by atoms with van der Waals surface area (Å²) in [6.45, 7) is 17.6. The highest BCUT2D eigenvalue weighted by Crippen LogP contribution is 2.11. The lowest BCUT2D eigenvalue weighted by Gasteiger charge is -2.35. The minimum absolute atomic E-state index is 0. The molecule has 0 unspecified atom stereocenters. The first kappa shape index (κ1) is 24.0. The van der Waals surface area contributed by atoms with Crippen LogP contribution in [-0.2, 0) is 4.74 Å². The molecule has 0 bridgehead atoms. The number of carbonyl (C=O) groups excluding carboxylic acids is 1. The number of guanidine groups is 1. The zero-order chi connectivity index (χ0) is 18.0. The van der Waals surface area contributed by atoms with Gasteiger partial charge in [0.2, 0.25) is 0 Å². The van der Waals surface area contributed by atoms with Crippen LogP contribution in [0.3, 0.4) is 0 Å². The van der Waals surface area contributed by atoms with Crippen molar-refractivity contribution in [3.63, 3.8) is 0 Å². The third-order valence-electron chi connectivity index (χ3n) is 3.47. The van der Waals surface area contributed by atoms with E-state index in [1.165, 1.54) is 0 Å². The van der Waals surface area contributed by atoms with Gasteiger partial charge in [0.15, 0.2) is 5.96 Å². The van der Waals surface area contributed by atoms with Crippen LogP contribution in [0.4, 0.5) is 4.79 Å². The summed E-state index contributed by atoms with van der Waals surface area (Å²) in [4.78, 5) is 20.7. The van der Waals surface area contributed by atoms with E-state index in [0.717, 1.165) is 38.7 Å². The fraction of sp³-hybridized carbons (Fsp3) is 0.765. The second-order valence-electron chi connectivity index (χ2n) is 6.74. The van der Waals surface area contributed by atoms with Crippen molar-refractivity contribution in [3.05, 3.63) is 12.7 Å². The summed E-state index contributed by atoms with van der Waals surface area (Å²) >= 11 is 0. The molecular weight excluding hydrogens is 433 g/mol. The SMILES string of the molecule is C=CCNC(=NCCN1CCN(C(=O)OC(C)(C)C)CC1)NCC.I. The fourth-order valence-corrected chi connectivity index (χ4v) is 2.29. The molecule has 0 spiro atoms. The number of nitrogens with one attached hydrogen (secondary N) is 2. The second kappa shape index (κ2) is 12.3. The molecule has 1 aliphatic rings. The summed E-state index contributed by atoms with van der Waals surface area (Å²) in [6.07, 6.45) is 1.59. The monoisotopic (exact) mass is 467 g/mol. The molecule has 146 valence electrons. The van der Waals surface area contributed by atoms with Gasteiger partial charge in [-0.25, -0.2) is 4.79 Å². The third-order valence-corrected chi connectivity index (χ3v) is 3.47. The van der Waals surface area contributed by atoms with Crippen molar-refractivity contribution < 1.29 is 9.53 Å². The summed E-state index contributed by atoms with van der Waals surface area (Å²) in [7, 11) is 0. The number of piperazine rings is 1. The highest BCUT2D eigenvalue weighted by molar-refractivity contribution is 14.0. The van der Waals surface area contributed by atoms with Crippen LogP contribution in [0.2, 0.25) is 0 Å². The topological polar surface area (TPSA) is 69.2 Å². The van der Waals surface area contributed by atoms with Crippen LogP contribution in [0.25, 0.3) is 0 Å². The van der Waals surface area contributed by atoms with Gasteiger partial charge in [-0.05, 0) is 27.7 Å². The van der Waals surface area contributed by atoms with E-state index in [1.807, 2.05) is 33.8 Å². The van der Waals surface area contributed by atoms with Gasteiger partial charge in [-0.15, -0.1) is 30.6 Å². The van der Waals surface area contributed by atoms with Crippen molar-refractivity contribution in [3.8, 4) is 0 Å². The summed E-state index contributed by atoms with van der Waals surface area (Å²) in [6, 6.07) is 0. The fourth-order valence-electron chi connectivity index (χ4n) is 2.29. The molecule has 1 heterocycles. The number of hydrogen-bond acceptors (Lipinski definition) is 4. The summed E-state index contributed by atoms with van der Waals surface area (Å²) < 4.78 is 5.41. The van der Waals surface area contributed by atoms with Gasteiger partial charge < -0.3 is 20.3 Å². The van der Waals surface area contributed by atoms with E-state index in [9.17, 15) is 4.79 Å². The lowest BCUT2D eigenvalue weighted by atomic mass is 10.2. The van der Waals surface area contributed by atoms with Crippen molar-refractivity contribution in [2.75, 3.05) is 52.4 Å². The standard InChI is InChI=1S/C17H33N5O2.HI/c1-6-8-19-15(18-7-2)20-9-10-21-11-13-22(14-12-21)16(23)24-17(3,4)5;/h6H,1,7-14H2,2-5H3,(H2,18,19,20);1H. The summed E-state index contributed by atoms with van der Waals surface area (Å²) in [5.41, 5.74) is -0.440. The maximum Gasteiger partial charge on any atom is 0.410 e. The molecule has 0 aromatic rings. The lowest BCUT2D eigenvalue weighted by Crippen LogP contribution is -2.50.